The van der Waals surface area contributed by atoms with Crippen LogP contribution in [0, 0.1) is 11.8 Å². The third kappa shape index (κ3) is 14.3. The number of nitrogens with zero attached hydrogens (tertiary/aromatic N) is 2. The summed E-state index contributed by atoms with van der Waals surface area (Å²) in [5.74, 6) is -1.65. The van der Waals surface area contributed by atoms with Gasteiger partial charge in [0.15, 0.2) is 5.79 Å². The van der Waals surface area contributed by atoms with Gasteiger partial charge in [-0.3, -0.25) is 4.90 Å². The average molecular weight is 881 g/mol. The molecule has 3 aliphatic heterocycles. The number of methoxy groups -OCH3 is 1. The number of benzene rings is 2. The molecule has 2 aromatic carbocycles. The number of hydrogen-bond acceptors (Lipinski definition) is 12. The fraction of sp³-hybridized carbons (Fsp3) is 0.653. The molecular weight excluding hydrogens is 809 g/mol. The van der Waals surface area contributed by atoms with Crippen LogP contribution >= 0.6 is 0 Å². The zero-order valence-electron chi connectivity index (χ0n) is 39.8. The van der Waals surface area contributed by atoms with Crippen LogP contribution in [0.3, 0.4) is 0 Å². The molecule has 2 amide bonds. The summed E-state index contributed by atoms with van der Waals surface area (Å²) >= 11 is 0. The number of piperidine rings is 1. The first-order valence-electron chi connectivity index (χ1n) is 22.4. The maximum absolute atomic E-state index is 14.1. The van der Waals surface area contributed by atoms with E-state index in [1.807, 2.05) is 105 Å². The molecule has 0 saturated carbocycles. The number of hydrogen-bond donors (Lipinski definition) is 1. The minimum atomic E-state index is -1.24. The van der Waals surface area contributed by atoms with E-state index in [0.717, 1.165) is 11.3 Å². The number of carbonyl (C=O) groups is 3. The highest BCUT2D eigenvalue weighted by atomic mass is 16.8. The third-order valence-corrected chi connectivity index (χ3v) is 11.1. The van der Waals surface area contributed by atoms with Gasteiger partial charge in [0, 0.05) is 39.5 Å². The van der Waals surface area contributed by atoms with E-state index in [1.165, 1.54) is 0 Å². The van der Waals surface area contributed by atoms with E-state index in [2.05, 4.69) is 0 Å². The normalized spacial score (nSPS) is 21.5. The van der Waals surface area contributed by atoms with Crippen molar-refractivity contribution in [3.63, 3.8) is 0 Å². The number of amides is 2. The number of carbonyl (C=O) groups excluding carboxylic acids is 3. The fourth-order valence-corrected chi connectivity index (χ4v) is 7.85. The minimum absolute atomic E-state index is 0.0512. The summed E-state index contributed by atoms with van der Waals surface area (Å²) in [6.07, 6.45) is 3.92. The molecule has 5 rings (SSSR count). The number of rotatable bonds is 15. The predicted octanol–water partition coefficient (Wildman–Crippen LogP) is 9.37. The van der Waals surface area contributed by atoms with Crippen molar-refractivity contribution in [3.05, 3.63) is 65.2 Å². The van der Waals surface area contributed by atoms with E-state index >= 15 is 0 Å². The lowest BCUT2D eigenvalue weighted by atomic mass is 9.94. The molecule has 2 aromatic rings. The van der Waals surface area contributed by atoms with E-state index < -0.39 is 59.3 Å². The maximum atomic E-state index is 14.1. The number of anilines is 1. The minimum Gasteiger partial charge on any atom is -0.497 e. The van der Waals surface area contributed by atoms with Crippen molar-refractivity contribution in [2.24, 2.45) is 11.8 Å². The van der Waals surface area contributed by atoms with E-state index in [1.54, 1.807) is 43.7 Å². The van der Waals surface area contributed by atoms with Crippen molar-refractivity contribution in [1.82, 2.24) is 4.90 Å². The molecule has 2 saturated heterocycles. The molecule has 0 unspecified atom stereocenters. The molecule has 0 bridgehead atoms. The Bertz CT molecular complexity index is 1900. The molecule has 14 heteroatoms. The van der Waals surface area contributed by atoms with Crippen molar-refractivity contribution in [2.45, 2.75) is 169 Å². The summed E-state index contributed by atoms with van der Waals surface area (Å²) < 4.78 is 48.5. The second-order valence-corrected chi connectivity index (χ2v) is 20.0. The molecular formula is C49H72N2O12. The van der Waals surface area contributed by atoms with Gasteiger partial charge in [0.05, 0.1) is 31.6 Å². The van der Waals surface area contributed by atoms with E-state index in [9.17, 15) is 19.5 Å². The molecule has 0 radical (unpaired) electrons. The van der Waals surface area contributed by atoms with E-state index in [-0.39, 0.29) is 17.9 Å². The topological polar surface area (TPSA) is 152 Å². The second kappa shape index (κ2) is 20.2. The van der Waals surface area contributed by atoms with Crippen LogP contribution in [-0.4, -0.2) is 102 Å². The Morgan fingerprint density at radius 1 is 0.921 bits per heavy atom. The van der Waals surface area contributed by atoms with Crippen molar-refractivity contribution >= 4 is 23.8 Å². The molecule has 0 aliphatic carbocycles. The average Bonchev–Trinajstić information content (AvgIpc) is 3.48. The van der Waals surface area contributed by atoms with Crippen LogP contribution in [0.15, 0.2) is 48.6 Å². The van der Waals surface area contributed by atoms with Gasteiger partial charge in [0.25, 0.3) is 0 Å². The van der Waals surface area contributed by atoms with Gasteiger partial charge in [-0.05, 0) is 136 Å². The Kier molecular flexibility index (Phi) is 15.9. The Labute approximate surface area is 374 Å². The first-order valence-corrected chi connectivity index (χ1v) is 22.4. The largest absolute Gasteiger partial charge is 0.497 e. The van der Waals surface area contributed by atoms with Crippen molar-refractivity contribution in [2.75, 3.05) is 31.6 Å². The summed E-state index contributed by atoms with van der Waals surface area (Å²) in [4.78, 5) is 44.0. The smallest absolute Gasteiger partial charge is 0.414 e. The van der Waals surface area contributed by atoms with E-state index in [0.29, 0.717) is 80.9 Å². The molecule has 350 valence electrons. The summed E-state index contributed by atoms with van der Waals surface area (Å²) in [5, 5.41) is 10.3. The number of cyclic esters (lactones) is 1. The lowest BCUT2D eigenvalue weighted by Gasteiger charge is -2.37. The predicted molar refractivity (Wildman–Crippen MR) is 239 cm³/mol. The number of aliphatic hydroxyl groups is 1. The first kappa shape index (κ1) is 49.6. The highest BCUT2D eigenvalue weighted by Gasteiger charge is 2.45. The van der Waals surface area contributed by atoms with Gasteiger partial charge in [-0.1, -0.05) is 31.2 Å². The number of fused-ring (bicyclic) bond motifs is 1. The highest BCUT2D eigenvalue weighted by molar-refractivity contribution is 5.97. The van der Waals surface area contributed by atoms with Crippen molar-refractivity contribution in [3.8, 4) is 11.5 Å². The maximum Gasteiger partial charge on any atom is 0.414 e. The monoisotopic (exact) mass is 881 g/mol. The molecule has 3 heterocycles. The van der Waals surface area contributed by atoms with Crippen molar-refractivity contribution < 1.29 is 57.4 Å². The molecule has 2 fully saturated rings. The van der Waals surface area contributed by atoms with Crippen LogP contribution in [0.5, 0.6) is 11.5 Å². The Morgan fingerprint density at radius 3 is 2.17 bits per heavy atom. The first-order chi connectivity index (χ1) is 29.3. The molecule has 63 heavy (non-hydrogen) atoms. The van der Waals surface area contributed by atoms with Crippen LogP contribution in [0.4, 0.5) is 15.3 Å². The molecule has 5 atom stereocenters. The molecule has 3 aliphatic rings. The second-order valence-electron chi connectivity index (χ2n) is 20.0. The van der Waals surface area contributed by atoms with Gasteiger partial charge in [0.1, 0.15) is 40.5 Å². The molecule has 1 N–H and O–H groups in total. The summed E-state index contributed by atoms with van der Waals surface area (Å²) in [6, 6.07) is 11.3. The van der Waals surface area contributed by atoms with Crippen LogP contribution in [0.25, 0.3) is 0 Å². The van der Waals surface area contributed by atoms with Crippen LogP contribution in [-0.2, 0) is 41.4 Å². The van der Waals surface area contributed by atoms with Crippen LogP contribution in [0.2, 0.25) is 0 Å². The quantitative estimate of drug-likeness (QED) is 0.103. The molecule has 0 spiro atoms. The van der Waals surface area contributed by atoms with Crippen LogP contribution in [0.1, 0.15) is 130 Å². The van der Waals surface area contributed by atoms with Gasteiger partial charge >= 0.3 is 18.2 Å². The lowest BCUT2D eigenvalue weighted by molar-refractivity contribution is -0.156. The number of aryl methyl sites for hydroxylation is 1. The van der Waals surface area contributed by atoms with E-state index in [4.69, 9.17) is 37.9 Å². The number of aliphatic hydroxyl groups excluding tert-OH is 1. The highest BCUT2D eigenvalue weighted by Crippen LogP contribution is 2.40. The molecule has 14 nitrogen and oxygen atoms in total. The summed E-state index contributed by atoms with van der Waals surface area (Å²) in [6.45, 7) is 23.4. The third-order valence-electron chi connectivity index (χ3n) is 11.1. The van der Waals surface area contributed by atoms with Gasteiger partial charge in [-0.2, -0.15) is 0 Å². The Hall–Kier alpha value is -4.37. The summed E-state index contributed by atoms with van der Waals surface area (Å²) in [7, 11) is 1.63. The van der Waals surface area contributed by atoms with Crippen molar-refractivity contribution in [1.29, 1.82) is 0 Å². The fourth-order valence-electron chi connectivity index (χ4n) is 7.85. The van der Waals surface area contributed by atoms with Gasteiger partial charge < -0.3 is 47.9 Å². The SMILES string of the molecule is COc1ccc(CO[C@H](C=C[C@@H](C)[C@H](C)O)[C@H]2OC(C)(C)O[C@H]2CCCc2cc(N(CC3CCN(C(=O)OC(C)(C)C)CC3)C(=O)OC(C)(C)C)cc3c2C(=O)OC(C)(C)O3)cc1. The number of ether oxygens (including phenoxy) is 8. The number of esters is 1. The van der Waals surface area contributed by atoms with Crippen LogP contribution < -0.4 is 14.4 Å². The molecule has 0 aromatic heterocycles. The lowest BCUT2D eigenvalue weighted by Crippen LogP contribution is -2.45. The standard InChI is InChI=1S/C49H72N2O12/c1-31(32(2)52)17-22-38(57-30-34-18-20-37(56-13)21-19-34)42-39(58-48(9,10)60-42)16-14-15-35-27-36(28-40-41(35)43(53)61-49(11,12)59-40)51(45(55)63-47(6,7)8)29-33-23-25-50(26-24-33)44(54)62-46(3,4)5/h17-22,27-28,31-33,38-39,42,52H,14-16,23-26,29-30H2,1-13H3/t31-,32+,38-,39+,42-/m1/s1. The Morgan fingerprint density at radius 2 is 1.57 bits per heavy atom. The van der Waals surface area contributed by atoms with Gasteiger partial charge in [0.2, 0.25) is 5.79 Å². The van der Waals surface area contributed by atoms with Gasteiger partial charge in [-0.15, -0.1) is 0 Å². The Balaban J connectivity index is 1.41. The number of likely N-dealkylation sites (tertiary alicyclic amines) is 1. The zero-order chi connectivity index (χ0) is 46.5. The zero-order valence-corrected chi connectivity index (χ0v) is 39.8. The summed E-state index contributed by atoms with van der Waals surface area (Å²) in [5.41, 5.74) is 1.08. The van der Waals surface area contributed by atoms with Gasteiger partial charge in [-0.25, -0.2) is 14.4 Å².